The van der Waals surface area contributed by atoms with E-state index in [1.54, 1.807) is 18.2 Å². The van der Waals surface area contributed by atoms with Gasteiger partial charge >= 0.3 is 0 Å². The third-order valence-electron chi connectivity index (χ3n) is 22.3. The van der Waals surface area contributed by atoms with Crippen LogP contribution >= 0.6 is 0 Å². The average molecular weight is 1570 g/mol. The lowest BCUT2D eigenvalue weighted by Crippen LogP contribution is -2.58. The van der Waals surface area contributed by atoms with Crippen molar-refractivity contribution in [1.29, 1.82) is 0 Å². The first-order valence-corrected chi connectivity index (χ1v) is 40.0. The van der Waals surface area contributed by atoms with Crippen molar-refractivity contribution in [3.63, 3.8) is 0 Å². The molecule has 0 radical (unpaired) electrons. The topological polar surface area (TPSA) is 34.9 Å². The van der Waals surface area contributed by atoms with Crippen LogP contribution in [0, 0.1) is 0 Å². The fraction of sp³-hybridized carbons (Fsp3) is 0.105. The van der Waals surface area contributed by atoms with Gasteiger partial charge in [0.1, 0.15) is 11.2 Å². The van der Waals surface area contributed by atoms with Gasteiger partial charge in [0.15, 0.2) is 0 Å². The fourth-order valence-corrected chi connectivity index (χ4v) is 16.2. The Balaban J connectivity index is 0.978. The summed E-state index contributed by atoms with van der Waals surface area (Å²) in [6, 6.07) is 66.6. The van der Waals surface area contributed by atoms with Crippen molar-refractivity contribution >= 4 is 108 Å². The Morgan fingerprint density at radius 3 is 1.28 bits per heavy atom. The van der Waals surface area contributed by atoms with E-state index in [1.807, 2.05) is 140 Å². The summed E-state index contributed by atoms with van der Waals surface area (Å²) in [7, 11) is 0. The molecule has 0 saturated heterocycles. The highest BCUT2D eigenvalue weighted by Gasteiger charge is 2.41. The van der Waals surface area contributed by atoms with Crippen molar-refractivity contribution in [1.82, 2.24) is 0 Å². The van der Waals surface area contributed by atoms with Crippen LogP contribution in [0.1, 0.15) is 112 Å². The second kappa shape index (κ2) is 31.3. The Morgan fingerprint density at radius 1 is 0.283 bits per heavy atom. The molecular formula is C114H95BN4O. The zero-order chi connectivity index (χ0) is 103. The SMILES string of the molecule is [2H]c1cc(N(c2ccc(B3c4ccc(N(c5cc([2H])c([2H])c([2H])c5[2H])c5cc([2H])c(-c6c([2H])c([2H])c([2H])c([2H])c6[2H])c([2H])c5[2H])cc4N(c4c(-c5ccccc5)cc(C(C)(C)C)cc4-c4cccc(-c5ccc6oc7ccccc7c6c5)c4)c4cc(C(C)(C)C)ccc43)c(Nc3c(-c4ccccc4)cc(C(C)(C)C)cc3-c3ccccc3)c2)c2cc([2H])c(-c3c([2H])c([2H])c([2H])c([2H])c3[2H])c([2H])c2[2H])c([2H])c([2H])c1[2H]. The molecule has 19 rings (SSSR count). The van der Waals surface area contributed by atoms with Crippen LogP contribution in [0.3, 0.4) is 0 Å². The Morgan fingerprint density at radius 2 is 0.717 bits per heavy atom. The third-order valence-corrected chi connectivity index (χ3v) is 22.3. The summed E-state index contributed by atoms with van der Waals surface area (Å²) in [6.45, 7) is 18.2. The van der Waals surface area contributed by atoms with Crippen molar-refractivity contribution in [2.45, 2.75) is 78.6 Å². The maximum absolute atomic E-state index is 10.4. The van der Waals surface area contributed by atoms with Crippen molar-refractivity contribution in [3.8, 4) is 77.9 Å². The fourth-order valence-electron chi connectivity index (χ4n) is 16.2. The summed E-state index contributed by atoms with van der Waals surface area (Å²) in [4.78, 5) is 4.96. The summed E-state index contributed by atoms with van der Waals surface area (Å²) in [5, 5.41) is 5.98. The summed E-state index contributed by atoms with van der Waals surface area (Å²) in [5.74, 6) is 0. The highest BCUT2D eigenvalue weighted by Crippen LogP contribution is 2.53. The molecule has 0 amide bonds. The molecule has 5 nitrogen and oxygen atoms in total. The minimum absolute atomic E-state index is 0.0880. The van der Waals surface area contributed by atoms with Crippen LogP contribution in [0.2, 0.25) is 0 Å². The number of hydrogen-bond donors (Lipinski definition) is 1. The molecule has 0 fully saturated rings. The maximum Gasteiger partial charge on any atom is 0.249 e. The molecule has 0 atom stereocenters. The van der Waals surface area contributed by atoms with Crippen molar-refractivity contribution in [2.75, 3.05) is 20.0 Å². The monoisotopic (exact) mass is 1570 g/mol. The predicted octanol–water partition coefficient (Wildman–Crippen LogP) is 30.1. The lowest BCUT2D eigenvalue weighted by atomic mass is 9.34. The van der Waals surface area contributed by atoms with Gasteiger partial charge in [-0.05, 0) is 232 Å². The molecule has 0 unspecified atom stereocenters. The van der Waals surface area contributed by atoms with Crippen LogP contribution in [0.15, 0.2) is 410 Å². The Bertz CT molecular complexity index is 8270. The second-order valence-corrected chi connectivity index (χ2v) is 33.2. The van der Waals surface area contributed by atoms with Gasteiger partial charge in [-0.1, -0.05) is 341 Å². The van der Waals surface area contributed by atoms with E-state index in [9.17, 15) is 19.2 Å². The summed E-state index contributed by atoms with van der Waals surface area (Å²) in [5.41, 5.74) is 11.8. The first kappa shape index (κ1) is 53.2. The van der Waals surface area contributed by atoms with E-state index in [0.717, 1.165) is 88.7 Å². The summed E-state index contributed by atoms with van der Waals surface area (Å²) < 4.78 is 232. The molecular weight excluding hydrogens is 1450 g/mol. The van der Waals surface area contributed by atoms with Crippen LogP contribution in [0.4, 0.5) is 62.6 Å². The first-order valence-electron chi connectivity index (χ1n) is 52.0. The molecule has 120 heavy (non-hydrogen) atoms. The zero-order valence-electron chi connectivity index (χ0n) is 91.7. The van der Waals surface area contributed by atoms with Crippen LogP contribution in [-0.4, -0.2) is 6.71 Å². The van der Waals surface area contributed by atoms with Crippen molar-refractivity contribution in [3.05, 3.63) is 423 Å². The van der Waals surface area contributed by atoms with E-state index in [-0.39, 0.29) is 34.1 Å². The molecule has 580 valence electrons. The average Bonchev–Trinajstić information content (AvgIpc) is 0.720. The summed E-state index contributed by atoms with van der Waals surface area (Å²) in [6.07, 6.45) is 0. The van der Waals surface area contributed by atoms with Crippen LogP contribution in [-0.2, 0) is 16.2 Å². The number of rotatable bonds is 17. The molecule has 1 aliphatic rings. The molecule has 2 heterocycles. The molecule has 1 aliphatic heterocycles. The van der Waals surface area contributed by atoms with Crippen LogP contribution in [0.5, 0.6) is 0 Å². The van der Waals surface area contributed by atoms with E-state index in [1.165, 1.54) is 34.1 Å². The standard InChI is InChI=1S/C114H95BN4O/c1-112(2,3)87-57-64-103-106(74-87)119(111-99(83-42-25-14-26-43-83)72-89(114(7,8)9)73-100(111)86-45-33-44-84(68-86)85-56-67-109-101(69-85)96-50-31-32-51-108(96)120-109)107-76-95(118(91-48-29-16-30-49-91)93-60-54-80(55-61-93)78-36-19-11-20-37-78)63-66-104(107)115(103)102-65-62-94(117(90-46-27-15-28-47-90)92-58-52-79(53-59-92)77-34-17-10-18-35-77)75-105(102)116-110-97(81-38-21-12-22-39-81)70-88(113(4,5)6)71-98(110)82-40-23-13-24-41-82/h10-76,116H,1-9H3/i10D,11D,15D,16D,17D,18D,19D,20D,27D,28D,29D,30D,34D,35D,36D,37D,46D,48D,52D,53D,54D,55D,58D,60D. The molecule has 0 spiro atoms. The lowest BCUT2D eigenvalue weighted by molar-refractivity contribution is 0.590. The van der Waals surface area contributed by atoms with Crippen LogP contribution in [0.25, 0.3) is 99.8 Å². The minimum Gasteiger partial charge on any atom is -0.456 e. The van der Waals surface area contributed by atoms with Gasteiger partial charge in [-0.3, -0.25) is 0 Å². The van der Waals surface area contributed by atoms with Gasteiger partial charge in [-0.2, -0.15) is 0 Å². The Hall–Kier alpha value is -14.2. The van der Waals surface area contributed by atoms with E-state index < -0.39 is 190 Å². The number of benzene rings is 17. The molecule has 6 heteroatoms. The molecule has 18 aromatic rings. The largest absolute Gasteiger partial charge is 0.456 e. The van der Waals surface area contributed by atoms with E-state index in [4.69, 9.17) is 18.1 Å². The smallest absolute Gasteiger partial charge is 0.249 e. The maximum atomic E-state index is 10.4. The van der Waals surface area contributed by atoms with E-state index in [0.29, 0.717) is 50.4 Å². The number of fused-ring (bicyclic) bond motifs is 5. The predicted molar refractivity (Wildman–Crippen MR) is 513 cm³/mol. The van der Waals surface area contributed by atoms with Gasteiger partial charge in [-0.25, -0.2) is 0 Å². The van der Waals surface area contributed by atoms with Crippen molar-refractivity contribution in [2.24, 2.45) is 0 Å². The first-order chi connectivity index (χ1) is 68.3. The number of nitrogens with one attached hydrogen (secondary N) is 1. The highest BCUT2D eigenvalue weighted by molar-refractivity contribution is 6.99. The van der Waals surface area contributed by atoms with Gasteiger partial charge in [0.2, 0.25) is 6.71 Å². The number of furan rings is 1. The second-order valence-electron chi connectivity index (χ2n) is 33.2. The molecule has 0 aliphatic carbocycles. The highest BCUT2D eigenvalue weighted by atomic mass is 16.3. The number of anilines is 11. The number of para-hydroxylation sites is 3. The van der Waals surface area contributed by atoms with E-state index in [2.05, 4.69) is 151 Å². The van der Waals surface area contributed by atoms with Gasteiger partial charge < -0.3 is 24.4 Å². The minimum atomic E-state index is -1.04. The van der Waals surface area contributed by atoms with Crippen LogP contribution < -0.4 is 36.4 Å². The Labute approximate surface area is 740 Å². The molecule has 1 aromatic heterocycles. The van der Waals surface area contributed by atoms with Gasteiger partial charge in [0.05, 0.1) is 44.3 Å². The van der Waals surface area contributed by atoms with Gasteiger partial charge in [-0.15, -0.1) is 0 Å². The zero-order valence-corrected chi connectivity index (χ0v) is 67.7. The number of hydrogen-bond acceptors (Lipinski definition) is 5. The number of nitrogens with zero attached hydrogens (tertiary/aromatic N) is 3. The molecule has 1 N–H and O–H groups in total. The summed E-state index contributed by atoms with van der Waals surface area (Å²) >= 11 is 0. The third kappa shape index (κ3) is 14.7. The Kier molecular flexibility index (Phi) is 13.9. The van der Waals surface area contributed by atoms with Crippen molar-refractivity contribution < 1.29 is 37.3 Å². The van der Waals surface area contributed by atoms with Gasteiger partial charge in [0.25, 0.3) is 0 Å². The molecule has 0 saturated carbocycles. The lowest BCUT2D eigenvalue weighted by Gasteiger charge is -2.41. The van der Waals surface area contributed by atoms with E-state index >= 15 is 0 Å². The normalized spacial score (nSPS) is 15.0. The molecule has 17 aromatic carbocycles. The molecule has 0 bridgehead atoms. The van der Waals surface area contributed by atoms with Gasteiger partial charge in [0, 0.05) is 84.2 Å². The quantitative estimate of drug-likeness (QED) is 0.0919.